The van der Waals surface area contributed by atoms with Crippen LogP contribution in [-0.4, -0.2) is 47.2 Å². The van der Waals surface area contributed by atoms with E-state index in [9.17, 15) is 13.2 Å². The Kier molecular flexibility index (Phi) is 7.36. The van der Waals surface area contributed by atoms with E-state index in [-0.39, 0.29) is 22.3 Å². The second kappa shape index (κ2) is 10.2. The minimum atomic E-state index is -3.66. The van der Waals surface area contributed by atoms with Crippen LogP contribution in [-0.2, 0) is 20.2 Å². The Labute approximate surface area is 195 Å². The Morgan fingerprint density at radius 1 is 1.09 bits per heavy atom. The number of ether oxygens (including phenoxy) is 2. The lowest BCUT2D eigenvalue weighted by atomic mass is 9.74. The van der Waals surface area contributed by atoms with E-state index >= 15 is 0 Å². The van der Waals surface area contributed by atoms with Gasteiger partial charge in [0.05, 0.1) is 12.0 Å². The molecular weight excluding hydrogens is 440 g/mol. The molecule has 1 aliphatic carbocycles. The van der Waals surface area contributed by atoms with Crippen LogP contribution < -0.4 is 14.8 Å². The van der Waals surface area contributed by atoms with E-state index in [2.05, 4.69) is 10.0 Å². The Balaban J connectivity index is 1.48. The summed E-state index contributed by atoms with van der Waals surface area (Å²) in [5.74, 6) is 0.501. The van der Waals surface area contributed by atoms with Crippen LogP contribution in [0.2, 0.25) is 0 Å². The zero-order valence-corrected chi connectivity index (χ0v) is 19.8. The predicted octanol–water partition coefficient (Wildman–Crippen LogP) is 3.39. The summed E-state index contributed by atoms with van der Waals surface area (Å²) in [5, 5.41) is 3.05. The van der Waals surface area contributed by atoms with Crippen LogP contribution in [0.5, 0.6) is 5.75 Å². The fourth-order valence-electron chi connectivity index (χ4n) is 4.76. The van der Waals surface area contributed by atoms with Gasteiger partial charge in [0.15, 0.2) is 0 Å². The monoisotopic (exact) mass is 472 g/mol. The molecule has 7 nitrogen and oxygen atoms in total. The van der Waals surface area contributed by atoms with Crippen molar-refractivity contribution >= 4 is 15.9 Å². The molecule has 1 aliphatic heterocycles. The molecule has 4 rings (SSSR count). The van der Waals surface area contributed by atoms with Crippen molar-refractivity contribution in [1.29, 1.82) is 0 Å². The number of carbonyl (C=O) groups excluding carboxylic acids is 1. The normalized spacial score (nSPS) is 18.7. The predicted molar refractivity (Wildman–Crippen MR) is 126 cm³/mol. The van der Waals surface area contributed by atoms with Crippen molar-refractivity contribution in [2.24, 2.45) is 0 Å². The zero-order chi connectivity index (χ0) is 23.3. The Hall–Kier alpha value is -2.42. The maximum Gasteiger partial charge on any atom is 0.251 e. The van der Waals surface area contributed by atoms with Gasteiger partial charge >= 0.3 is 0 Å². The average Bonchev–Trinajstić information content (AvgIpc) is 3.35. The second-order valence-corrected chi connectivity index (χ2v) is 10.6. The van der Waals surface area contributed by atoms with E-state index in [1.165, 1.54) is 12.1 Å². The van der Waals surface area contributed by atoms with Crippen LogP contribution in [0.15, 0.2) is 53.4 Å². The Bertz CT molecular complexity index is 1060. The van der Waals surface area contributed by atoms with Gasteiger partial charge in [0.1, 0.15) is 5.75 Å². The zero-order valence-electron chi connectivity index (χ0n) is 19.0. The summed E-state index contributed by atoms with van der Waals surface area (Å²) in [6.45, 7) is 1.70. The second-order valence-electron chi connectivity index (χ2n) is 8.93. The molecule has 1 heterocycles. The molecule has 2 aromatic rings. The molecule has 8 heteroatoms. The number of carbonyl (C=O) groups is 1. The van der Waals surface area contributed by atoms with Crippen LogP contribution in [0.4, 0.5) is 0 Å². The molecule has 0 atom stereocenters. The highest BCUT2D eigenvalue weighted by molar-refractivity contribution is 7.89. The number of hydrogen-bond donors (Lipinski definition) is 2. The van der Waals surface area contributed by atoms with Gasteiger partial charge in [0.25, 0.3) is 5.91 Å². The van der Waals surface area contributed by atoms with E-state index in [1.54, 1.807) is 19.2 Å². The number of hydrogen-bond acceptors (Lipinski definition) is 5. The molecule has 2 aliphatic rings. The molecule has 2 fully saturated rings. The van der Waals surface area contributed by atoms with Gasteiger partial charge in [-0.2, -0.15) is 0 Å². The molecule has 0 radical (unpaired) electrons. The van der Waals surface area contributed by atoms with E-state index in [0.29, 0.717) is 25.3 Å². The molecule has 1 amide bonds. The molecule has 0 aromatic heterocycles. The SMILES string of the molecule is COc1ccc(C2(CNC(=O)c3cccc(S(=O)(=O)NC4CCCC4)c3)CCOCC2)cc1. The van der Waals surface area contributed by atoms with Crippen molar-refractivity contribution in [3.05, 3.63) is 59.7 Å². The Morgan fingerprint density at radius 3 is 2.45 bits per heavy atom. The first-order valence-corrected chi connectivity index (χ1v) is 13.0. The van der Waals surface area contributed by atoms with Crippen molar-refractivity contribution in [2.75, 3.05) is 26.9 Å². The van der Waals surface area contributed by atoms with Gasteiger partial charge < -0.3 is 14.8 Å². The summed E-state index contributed by atoms with van der Waals surface area (Å²) in [6.07, 6.45) is 5.37. The smallest absolute Gasteiger partial charge is 0.251 e. The molecule has 178 valence electrons. The Morgan fingerprint density at radius 2 is 1.79 bits per heavy atom. The molecular formula is C25H32N2O5S. The molecule has 2 N–H and O–H groups in total. The third kappa shape index (κ3) is 5.57. The maximum absolute atomic E-state index is 13.0. The van der Waals surface area contributed by atoms with Crippen LogP contribution in [0, 0.1) is 0 Å². The quantitative estimate of drug-likeness (QED) is 0.614. The first kappa shape index (κ1) is 23.7. The van der Waals surface area contributed by atoms with Crippen LogP contribution in [0.3, 0.4) is 0 Å². The molecule has 1 saturated carbocycles. The molecule has 2 aromatic carbocycles. The first-order chi connectivity index (χ1) is 15.9. The minimum absolute atomic E-state index is 0.0228. The highest BCUT2D eigenvalue weighted by Gasteiger charge is 2.35. The number of rotatable bonds is 8. The largest absolute Gasteiger partial charge is 0.497 e. The summed E-state index contributed by atoms with van der Waals surface area (Å²) in [4.78, 5) is 13.1. The van der Waals surface area contributed by atoms with Gasteiger partial charge in [-0.25, -0.2) is 13.1 Å². The van der Waals surface area contributed by atoms with Crippen LogP contribution in [0.1, 0.15) is 54.4 Å². The molecule has 33 heavy (non-hydrogen) atoms. The van der Waals surface area contributed by atoms with E-state index in [4.69, 9.17) is 9.47 Å². The third-order valence-electron chi connectivity index (χ3n) is 6.82. The lowest BCUT2D eigenvalue weighted by Gasteiger charge is -2.38. The summed E-state index contributed by atoms with van der Waals surface area (Å²) in [7, 11) is -2.02. The molecule has 0 spiro atoms. The van der Waals surface area contributed by atoms with Crippen molar-refractivity contribution in [2.45, 2.75) is 54.9 Å². The van der Waals surface area contributed by atoms with Gasteiger partial charge in [-0.1, -0.05) is 31.0 Å². The molecule has 0 bridgehead atoms. The fourth-order valence-corrected chi connectivity index (χ4v) is 6.11. The van der Waals surface area contributed by atoms with Gasteiger partial charge in [-0.3, -0.25) is 4.79 Å². The van der Waals surface area contributed by atoms with Crippen LogP contribution >= 0.6 is 0 Å². The third-order valence-corrected chi connectivity index (χ3v) is 8.34. The van der Waals surface area contributed by atoms with Gasteiger partial charge in [0, 0.05) is 36.8 Å². The highest BCUT2D eigenvalue weighted by Crippen LogP contribution is 2.35. The van der Waals surface area contributed by atoms with Crippen molar-refractivity contribution in [1.82, 2.24) is 10.0 Å². The van der Waals surface area contributed by atoms with Gasteiger partial charge in [0.2, 0.25) is 10.0 Å². The fraction of sp³-hybridized carbons (Fsp3) is 0.480. The summed E-state index contributed by atoms with van der Waals surface area (Å²) in [6, 6.07) is 14.2. The minimum Gasteiger partial charge on any atom is -0.497 e. The topological polar surface area (TPSA) is 93.7 Å². The number of benzene rings is 2. The number of sulfonamides is 1. The highest BCUT2D eigenvalue weighted by atomic mass is 32.2. The molecule has 0 unspecified atom stereocenters. The lowest BCUT2D eigenvalue weighted by Crippen LogP contribution is -2.44. The summed E-state index contributed by atoms with van der Waals surface area (Å²) in [5.41, 5.74) is 1.22. The van der Waals surface area contributed by atoms with Crippen LogP contribution in [0.25, 0.3) is 0 Å². The first-order valence-electron chi connectivity index (χ1n) is 11.5. The van der Waals surface area contributed by atoms with Crippen molar-refractivity contribution < 1.29 is 22.7 Å². The standard InChI is InChI=1S/C25H32N2O5S/c1-31-22-11-9-20(10-12-22)25(13-15-32-16-14-25)18-26-24(28)19-5-4-8-23(17-19)33(29,30)27-21-6-2-3-7-21/h4-5,8-12,17,21,27H,2-3,6-7,13-16,18H2,1H3,(H,26,28). The summed E-state index contributed by atoms with van der Waals surface area (Å²) < 4.78 is 39.2. The molecule has 1 saturated heterocycles. The van der Waals surface area contributed by atoms with Crippen molar-refractivity contribution in [3.8, 4) is 5.75 Å². The lowest BCUT2D eigenvalue weighted by molar-refractivity contribution is 0.0487. The summed E-state index contributed by atoms with van der Waals surface area (Å²) >= 11 is 0. The van der Waals surface area contributed by atoms with E-state index in [0.717, 1.165) is 49.8 Å². The van der Waals surface area contributed by atoms with E-state index < -0.39 is 10.0 Å². The van der Waals surface area contributed by atoms with Gasteiger partial charge in [-0.05, 0) is 61.6 Å². The van der Waals surface area contributed by atoms with Gasteiger partial charge in [-0.15, -0.1) is 0 Å². The maximum atomic E-state index is 13.0. The van der Waals surface area contributed by atoms with Crippen molar-refractivity contribution in [3.63, 3.8) is 0 Å². The van der Waals surface area contributed by atoms with E-state index in [1.807, 2.05) is 24.3 Å². The average molecular weight is 473 g/mol. The number of nitrogens with one attached hydrogen (secondary N) is 2. The number of methoxy groups -OCH3 is 1. The number of amides is 1.